The van der Waals surface area contributed by atoms with Gasteiger partial charge in [0.1, 0.15) is 6.54 Å². The Morgan fingerprint density at radius 1 is 1.09 bits per heavy atom. The third kappa shape index (κ3) is 4.08. The number of carbonyl (C=O) groups excluding carboxylic acids is 2. The number of quaternary nitrogens is 1. The van der Waals surface area contributed by atoms with Gasteiger partial charge in [-0.3, -0.25) is 4.79 Å². The molecule has 0 N–H and O–H groups in total. The number of ether oxygens (including phenoxy) is 4. The fraction of sp³-hybridized carbons (Fsp3) is 0.360. The van der Waals surface area contributed by atoms with E-state index in [4.69, 9.17) is 18.9 Å². The number of fused-ring (bicyclic) bond motifs is 2. The number of methoxy groups -OCH3 is 2. The van der Waals surface area contributed by atoms with E-state index in [-0.39, 0.29) is 25.1 Å². The molecule has 0 amide bonds. The molecule has 0 aromatic heterocycles. The SMILES string of the molecule is COC(=O)C[N+]1(C)CCc2c(c(OC)c3c(c2C(=O)C=Cc2ccc(C)cc2)OCO3)C1. The van der Waals surface area contributed by atoms with Crippen molar-refractivity contribution < 1.29 is 33.0 Å². The minimum Gasteiger partial charge on any atom is -0.492 e. The molecule has 2 aliphatic rings. The summed E-state index contributed by atoms with van der Waals surface area (Å²) >= 11 is 0. The van der Waals surface area contributed by atoms with Gasteiger partial charge in [0.25, 0.3) is 0 Å². The van der Waals surface area contributed by atoms with Crippen LogP contribution in [0, 0.1) is 6.92 Å². The third-order valence-electron chi connectivity index (χ3n) is 6.12. The van der Waals surface area contributed by atoms with Crippen molar-refractivity contribution in [2.24, 2.45) is 0 Å². The number of likely N-dealkylation sites (N-methyl/N-ethyl adjacent to an activating group) is 1. The summed E-state index contributed by atoms with van der Waals surface area (Å²) in [5.74, 6) is 1.04. The van der Waals surface area contributed by atoms with Crippen molar-refractivity contribution in [3.05, 3.63) is 58.2 Å². The van der Waals surface area contributed by atoms with Crippen molar-refractivity contribution in [2.75, 3.05) is 41.1 Å². The zero-order valence-corrected chi connectivity index (χ0v) is 18.9. The first-order valence-electron chi connectivity index (χ1n) is 10.6. The van der Waals surface area contributed by atoms with Gasteiger partial charge in [0.2, 0.25) is 12.5 Å². The molecule has 7 nitrogen and oxygen atoms in total. The van der Waals surface area contributed by atoms with Gasteiger partial charge in [-0.2, -0.15) is 0 Å². The zero-order valence-electron chi connectivity index (χ0n) is 18.9. The Labute approximate surface area is 187 Å². The highest BCUT2D eigenvalue weighted by molar-refractivity contribution is 6.11. The molecular formula is C25H28NO6+. The van der Waals surface area contributed by atoms with Crippen molar-refractivity contribution in [3.63, 3.8) is 0 Å². The smallest absolute Gasteiger partial charge is 0.361 e. The second-order valence-corrected chi connectivity index (χ2v) is 8.52. The lowest BCUT2D eigenvalue weighted by molar-refractivity contribution is -0.917. The van der Waals surface area contributed by atoms with E-state index in [1.54, 1.807) is 19.3 Å². The lowest BCUT2D eigenvalue weighted by Gasteiger charge is -2.38. The number of benzene rings is 2. The Morgan fingerprint density at radius 3 is 2.50 bits per heavy atom. The van der Waals surface area contributed by atoms with Crippen molar-refractivity contribution in [2.45, 2.75) is 19.9 Å². The summed E-state index contributed by atoms with van der Waals surface area (Å²) in [7, 11) is 4.97. The number of hydrogen-bond donors (Lipinski definition) is 0. The van der Waals surface area contributed by atoms with Crippen LogP contribution in [0.5, 0.6) is 17.2 Å². The van der Waals surface area contributed by atoms with Crippen LogP contribution in [0.1, 0.15) is 32.6 Å². The lowest BCUT2D eigenvalue weighted by atomic mass is 9.88. The van der Waals surface area contributed by atoms with Crippen LogP contribution in [0.25, 0.3) is 6.08 Å². The van der Waals surface area contributed by atoms with Gasteiger partial charge in [-0.25, -0.2) is 4.79 Å². The number of carbonyl (C=O) groups is 2. The van der Waals surface area contributed by atoms with Gasteiger partial charge in [0, 0.05) is 6.42 Å². The van der Waals surface area contributed by atoms with E-state index in [9.17, 15) is 9.59 Å². The van der Waals surface area contributed by atoms with Gasteiger partial charge in [0.05, 0.1) is 38.9 Å². The van der Waals surface area contributed by atoms with E-state index in [2.05, 4.69) is 0 Å². The first-order chi connectivity index (χ1) is 15.3. The van der Waals surface area contributed by atoms with Crippen LogP contribution in [-0.4, -0.2) is 57.4 Å². The molecule has 32 heavy (non-hydrogen) atoms. The molecular weight excluding hydrogens is 410 g/mol. The molecule has 2 aromatic rings. The fourth-order valence-electron chi connectivity index (χ4n) is 4.40. The molecule has 2 heterocycles. The average Bonchev–Trinajstić information content (AvgIpc) is 3.25. The maximum atomic E-state index is 13.4. The number of esters is 1. The number of allylic oxidation sites excluding steroid dienone is 1. The molecule has 1 unspecified atom stereocenters. The number of nitrogens with zero attached hydrogens (tertiary/aromatic N) is 1. The van der Waals surface area contributed by atoms with Gasteiger partial charge >= 0.3 is 5.97 Å². The molecule has 168 valence electrons. The van der Waals surface area contributed by atoms with Gasteiger partial charge in [-0.05, 0) is 24.1 Å². The molecule has 4 rings (SSSR count). The highest BCUT2D eigenvalue weighted by Crippen LogP contribution is 2.50. The predicted molar refractivity (Wildman–Crippen MR) is 119 cm³/mol. The van der Waals surface area contributed by atoms with E-state index in [0.29, 0.717) is 46.8 Å². The van der Waals surface area contributed by atoms with E-state index in [0.717, 1.165) is 22.3 Å². The summed E-state index contributed by atoms with van der Waals surface area (Å²) in [5.41, 5.74) is 4.39. The van der Waals surface area contributed by atoms with Crippen LogP contribution in [-0.2, 0) is 22.5 Å². The van der Waals surface area contributed by atoms with Crippen molar-refractivity contribution in [1.29, 1.82) is 0 Å². The molecule has 0 spiro atoms. The van der Waals surface area contributed by atoms with E-state index in [1.165, 1.54) is 7.11 Å². The third-order valence-corrected chi connectivity index (χ3v) is 6.12. The first-order valence-corrected chi connectivity index (χ1v) is 10.6. The molecule has 2 aromatic carbocycles. The molecule has 2 aliphatic heterocycles. The number of rotatable bonds is 6. The Bertz CT molecular complexity index is 1090. The highest BCUT2D eigenvalue weighted by atomic mass is 16.7. The molecule has 0 saturated carbocycles. The Morgan fingerprint density at radius 2 is 1.81 bits per heavy atom. The Kier molecular flexibility index (Phi) is 5.93. The zero-order chi connectivity index (χ0) is 22.9. The molecule has 0 fully saturated rings. The average molecular weight is 439 g/mol. The molecule has 7 heteroatoms. The summed E-state index contributed by atoms with van der Waals surface area (Å²) in [5, 5.41) is 0. The van der Waals surface area contributed by atoms with E-state index >= 15 is 0 Å². The second kappa shape index (κ2) is 8.67. The van der Waals surface area contributed by atoms with E-state index < -0.39 is 0 Å². The molecule has 1 atom stereocenters. The standard InChI is InChI=1S/C25H28NO6/c1-16-5-7-17(8-6-16)9-10-20(27)22-18-11-12-26(2,14-21(28)29-3)13-19(18)23(30-4)25-24(22)31-15-32-25/h5-10H,11-15H2,1-4H3/q+1. The minimum absolute atomic E-state index is 0.0326. The second-order valence-electron chi connectivity index (χ2n) is 8.52. The van der Waals surface area contributed by atoms with Crippen LogP contribution < -0.4 is 14.2 Å². The van der Waals surface area contributed by atoms with Gasteiger partial charge in [-0.1, -0.05) is 35.9 Å². The summed E-state index contributed by atoms with van der Waals surface area (Å²) in [4.78, 5) is 25.3. The highest BCUT2D eigenvalue weighted by Gasteiger charge is 2.40. The van der Waals surface area contributed by atoms with Crippen LogP contribution in [0.4, 0.5) is 0 Å². The fourth-order valence-corrected chi connectivity index (χ4v) is 4.40. The van der Waals surface area contributed by atoms with E-state index in [1.807, 2.05) is 38.2 Å². The first kappa shape index (κ1) is 21.9. The predicted octanol–water partition coefficient (Wildman–Crippen LogP) is 3.30. The van der Waals surface area contributed by atoms with Crippen LogP contribution in [0.2, 0.25) is 0 Å². The minimum atomic E-state index is -0.270. The van der Waals surface area contributed by atoms with Gasteiger partial charge in [-0.15, -0.1) is 0 Å². The summed E-state index contributed by atoms with van der Waals surface area (Å²) in [6.45, 7) is 3.50. The lowest BCUT2D eigenvalue weighted by Crippen LogP contribution is -2.51. The number of hydrogen-bond acceptors (Lipinski definition) is 6. The quantitative estimate of drug-likeness (QED) is 0.298. The Hall–Kier alpha value is -3.32. The van der Waals surface area contributed by atoms with Crippen LogP contribution >= 0.6 is 0 Å². The summed E-state index contributed by atoms with van der Waals surface area (Å²) in [6, 6.07) is 7.97. The molecule has 0 bridgehead atoms. The number of aryl methyl sites for hydroxylation is 1. The monoisotopic (exact) mass is 438 g/mol. The largest absolute Gasteiger partial charge is 0.492 e. The topological polar surface area (TPSA) is 71.1 Å². The van der Waals surface area contributed by atoms with Gasteiger partial charge in [0.15, 0.2) is 23.8 Å². The number of ketones is 1. The molecule has 0 radical (unpaired) electrons. The van der Waals surface area contributed by atoms with Crippen molar-refractivity contribution in [1.82, 2.24) is 0 Å². The molecule has 0 saturated heterocycles. The molecule has 0 aliphatic carbocycles. The summed E-state index contributed by atoms with van der Waals surface area (Å²) in [6.07, 6.45) is 3.99. The van der Waals surface area contributed by atoms with Crippen molar-refractivity contribution >= 4 is 17.8 Å². The normalized spacial score (nSPS) is 19.0. The van der Waals surface area contributed by atoms with Crippen LogP contribution in [0.15, 0.2) is 30.3 Å². The summed E-state index contributed by atoms with van der Waals surface area (Å²) < 4.78 is 22.5. The maximum Gasteiger partial charge on any atom is 0.361 e. The van der Waals surface area contributed by atoms with Gasteiger partial charge < -0.3 is 23.4 Å². The maximum absolute atomic E-state index is 13.4. The van der Waals surface area contributed by atoms with Crippen LogP contribution in [0.3, 0.4) is 0 Å². The Balaban J connectivity index is 1.76. The van der Waals surface area contributed by atoms with Crippen molar-refractivity contribution in [3.8, 4) is 17.2 Å².